The van der Waals surface area contributed by atoms with Gasteiger partial charge in [0, 0.05) is 7.05 Å². The van der Waals surface area contributed by atoms with Gasteiger partial charge >= 0.3 is 0 Å². The molecule has 1 aromatic carbocycles. The van der Waals surface area contributed by atoms with Gasteiger partial charge in [-0.15, -0.1) is 5.10 Å². The molecule has 0 fully saturated rings. The van der Waals surface area contributed by atoms with Crippen LogP contribution in [0.5, 0.6) is 5.75 Å². The molecular weight excluding hydrogens is 298 g/mol. The molecule has 0 aliphatic heterocycles. The summed E-state index contributed by atoms with van der Waals surface area (Å²) in [7, 11) is 1.74. The molecule has 0 bridgehead atoms. The second-order valence-electron chi connectivity index (χ2n) is 3.79. The molecule has 1 heterocycles. The Morgan fingerprint density at radius 2 is 2.06 bits per heavy atom. The van der Waals surface area contributed by atoms with E-state index in [-0.39, 0.29) is 0 Å². The molecule has 1 atom stereocenters. The van der Waals surface area contributed by atoms with Gasteiger partial charge in [0.1, 0.15) is 17.5 Å². The molecule has 0 spiro atoms. The van der Waals surface area contributed by atoms with Crippen LogP contribution in [0.2, 0.25) is 0 Å². The van der Waals surface area contributed by atoms with E-state index < -0.39 is 6.10 Å². The lowest BCUT2D eigenvalue weighted by Crippen LogP contribution is -2.07. The third kappa shape index (κ3) is 2.54. The normalized spacial score (nSPS) is 12.4. The Morgan fingerprint density at radius 3 is 2.56 bits per heavy atom. The molecule has 2 aromatic rings. The molecule has 0 aliphatic rings. The SMILES string of the molecule is CCOc1ccc(C(O)c2c(Br)nnn2C)cc1. The molecule has 6 heteroatoms. The predicted molar refractivity (Wildman–Crippen MR) is 70.4 cm³/mol. The minimum atomic E-state index is -0.768. The van der Waals surface area contributed by atoms with Crippen LogP contribution < -0.4 is 4.74 Å². The number of aliphatic hydroxyl groups is 1. The highest BCUT2D eigenvalue weighted by molar-refractivity contribution is 9.10. The fourth-order valence-electron chi connectivity index (χ4n) is 1.70. The zero-order chi connectivity index (χ0) is 13.1. The molecule has 5 nitrogen and oxygen atoms in total. The molecule has 0 amide bonds. The van der Waals surface area contributed by atoms with E-state index in [0.717, 1.165) is 11.3 Å². The summed E-state index contributed by atoms with van der Waals surface area (Å²) < 4.78 is 7.45. The summed E-state index contributed by atoms with van der Waals surface area (Å²) in [5.74, 6) is 0.788. The van der Waals surface area contributed by atoms with Gasteiger partial charge in [-0.25, -0.2) is 4.68 Å². The number of halogens is 1. The Labute approximate surface area is 114 Å². The van der Waals surface area contributed by atoms with Gasteiger partial charge in [-0.3, -0.25) is 0 Å². The van der Waals surface area contributed by atoms with Gasteiger partial charge < -0.3 is 9.84 Å². The smallest absolute Gasteiger partial charge is 0.154 e. The van der Waals surface area contributed by atoms with Gasteiger partial charge in [0.15, 0.2) is 4.60 Å². The summed E-state index contributed by atoms with van der Waals surface area (Å²) in [6, 6.07) is 7.32. The number of aliphatic hydroxyl groups excluding tert-OH is 1. The van der Waals surface area contributed by atoms with Crippen molar-refractivity contribution < 1.29 is 9.84 Å². The van der Waals surface area contributed by atoms with E-state index in [9.17, 15) is 5.11 Å². The van der Waals surface area contributed by atoms with Crippen LogP contribution >= 0.6 is 15.9 Å². The van der Waals surface area contributed by atoms with Gasteiger partial charge in [0.25, 0.3) is 0 Å². The molecule has 0 radical (unpaired) electrons. The maximum absolute atomic E-state index is 10.3. The van der Waals surface area contributed by atoms with Crippen LogP contribution in [0.25, 0.3) is 0 Å². The summed E-state index contributed by atoms with van der Waals surface area (Å²) in [5, 5.41) is 18.0. The van der Waals surface area contributed by atoms with Crippen molar-refractivity contribution in [2.75, 3.05) is 6.61 Å². The van der Waals surface area contributed by atoms with Crippen LogP contribution in [0.1, 0.15) is 24.3 Å². The lowest BCUT2D eigenvalue weighted by atomic mass is 10.1. The van der Waals surface area contributed by atoms with E-state index in [2.05, 4.69) is 26.2 Å². The molecule has 0 aliphatic carbocycles. The van der Waals surface area contributed by atoms with Gasteiger partial charge in [0.05, 0.1) is 6.61 Å². The molecule has 2 rings (SSSR count). The summed E-state index contributed by atoms with van der Waals surface area (Å²) in [6.45, 7) is 2.56. The number of hydrogen-bond acceptors (Lipinski definition) is 4. The van der Waals surface area contributed by atoms with Crippen molar-refractivity contribution in [1.29, 1.82) is 0 Å². The number of benzene rings is 1. The lowest BCUT2D eigenvalue weighted by Gasteiger charge is -2.12. The number of rotatable bonds is 4. The summed E-state index contributed by atoms with van der Waals surface area (Å²) in [6.07, 6.45) is -0.768. The maximum atomic E-state index is 10.3. The van der Waals surface area contributed by atoms with Crippen LogP contribution in [0.3, 0.4) is 0 Å². The third-order valence-electron chi connectivity index (χ3n) is 2.59. The monoisotopic (exact) mass is 311 g/mol. The predicted octanol–water partition coefficient (Wildman–Crippen LogP) is 2.06. The number of hydrogen-bond donors (Lipinski definition) is 1. The van der Waals surface area contributed by atoms with Crippen molar-refractivity contribution in [2.45, 2.75) is 13.0 Å². The highest BCUT2D eigenvalue weighted by Crippen LogP contribution is 2.27. The van der Waals surface area contributed by atoms with Crippen molar-refractivity contribution in [1.82, 2.24) is 15.0 Å². The number of aromatic nitrogens is 3. The van der Waals surface area contributed by atoms with Gasteiger partial charge in [-0.05, 0) is 40.5 Å². The minimum absolute atomic E-state index is 0.548. The summed E-state index contributed by atoms with van der Waals surface area (Å²) in [4.78, 5) is 0. The number of ether oxygens (including phenoxy) is 1. The lowest BCUT2D eigenvalue weighted by molar-refractivity contribution is 0.209. The fraction of sp³-hybridized carbons (Fsp3) is 0.333. The van der Waals surface area contributed by atoms with E-state index in [1.54, 1.807) is 11.7 Å². The van der Waals surface area contributed by atoms with E-state index in [1.165, 1.54) is 0 Å². The number of nitrogens with zero attached hydrogens (tertiary/aromatic N) is 3. The first-order valence-electron chi connectivity index (χ1n) is 5.59. The molecule has 1 N–H and O–H groups in total. The zero-order valence-corrected chi connectivity index (χ0v) is 11.8. The molecule has 18 heavy (non-hydrogen) atoms. The largest absolute Gasteiger partial charge is 0.494 e. The molecule has 1 unspecified atom stereocenters. The van der Waals surface area contributed by atoms with Crippen molar-refractivity contribution >= 4 is 15.9 Å². The summed E-state index contributed by atoms with van der Waals surface area (Å²) in [5.41, 5.74) is 1.39. The second kappa shape index (κ2) is 5.49. The second-order valence-corrected chi connectivity index (χ2v) is 4.54. The molecule has 0 saturated carbocycles. The Kier molecular flexibility index (Phi) is 3.98. The Morgan fingerprint density at radius 1 is 1.39 bits per heavy atom. The Hall–Kier alpha value is -1.40. The van der Waals surface area contributed by atoms with Gasteiger partial charge in [0.2, 0.25) is 0 Å². The third-order valence-corrected chi connectivity index (χ3v) is 3.16. The molecule has 96 valence electrons. The van der Waals surface area contributed by atoms with Crippen molar-refractivity contribution in [3.8, 4) is 5.75 Å². The van der Waals surface area contributed by atoms with E-state index >= 15 is 0 Å². The van der Waals surface area contributed by atoms with Crippen LogP contribution in [-0.4, -0.2) is 26.7 Å². The Bertz CT molecular complexity index is 505. The van der Waals surface area contributed by atoms with E-state index in [1.807, 2.05) is 31.2 Å². The maximum Gasteiger partial charge on any atom is 0.154 e. The van der Waals surface area contributed by atoms with Crippen molar-refractivity contribution in [3.63, 3.8) is 0 Å². The topological polar surface area (TPSA) is 60.2 Å². The molecular formula is C12H14BrN3O2. The van der Waals surface area contributed by atoms with E-state index in [0.29, 0.717) is 16.9 Å². The average Bonchev–Trinajstić information content (AvgIpc) is 2.70. The van der Waals surface area contributed by atoms with Crippen molar-refractivity contribution in [3.05, 3.63) is 40.1 Å². The van der Waals surface area contributed by atoms with Gasteiger partial charge in [-0.2, -0.15) is 0 Å². The van der Waals surface area contributed by atoms with Crippen molar-refractivity contribution in [2.24, 2.45) is 7.05 Å². The molecule has 1 aromatic heterocycles. The van der Waals surface area contributed by atoms with Gasteiger partial charge in [-0.1, -0.05) is 17.3 Å². The highest BCUT2D eigenvalue weighted by atomic mass is 79.9. The van der Waals surface area contributed by atoms with E-state index in [4.69, 9.17) is 4.74 Å². The first-order valence-corrected chi connectivity index (χ1v) is 6.38. The highest BCUT2D eigenvalue weighted by Gasteiger charge is 2.19. The average molecular weight is 312 g/mol. The minimum Gasteiger partial charge on any atom is -0.494 e. The Balaban J connectivity index is 2.26. The van der Waals surface area contributed by atoms with Crippen LogP contribution in [0, 0.1) is 0 Å². The molecule has 0 saturated heterocycles. The summed E-state index contributed by atoms with van der Waals surface area (Å²) >= 11 is 3.28. The van der Waals surface area contributed by atoms with Crippen LogP contribution in [0.4, 0.5) is 0 Å². The first-order chi connectivity index (χ1) is 8.63. The fourth-order valence-corrected chi connectivity index (χ4v) is 2.24. The number of aryl methyl sites for hydroxylation is 1. The standard InChI is InChI=1S/C12H14BrN3O2/c1-3-18-9-6-4-8(5-7-9)11(17)10-12(13)14-15-16(10)2/h4-7,11,17H,3H2,1-2H3. The zero-order valence-electron chi connectivity index (χ0n) is 10.2. The van der Waals surface area contributed by atoms with Crippen LogP contribution in [-0.2, 0) is 7.05 Å². The quantitative estimate of drug-likeness (QED) is 0.939. The van der Waals surface area contributed by atoms with Crippen LogP contribution in [0.15, 0.2) is 28.9 Å². The first kappa shape index (κ1) is 13.0.